The molecular formula is C18H30N2O. The summed E-state index contributed by atoms with van der Waals surface area (Å²) in [5.74, 6) is 0. The van der Waals surface area contributed by atoms with Crippen molar-refractivity contribution in [1.82, 2.24) is 9.88 Å². The van der Waals surface area contributed by atoms with Crippen LogP contribution in [0.3, 0.4) is 0 Å². The maximum atomic E-state index is 6.44. The second-order valence-corrected chi connectivity index (χ2v) is 7.92. The molecule has 118 valence electrons. The lowest BCUT2D eigenvalue weighted by Crippen LogP contribution is -2.36. The summed E-state index contributed by atoms with van der Waals surface area (Å²) >= 11 is 0. The van der Waals surface area contributed by atoms with E-state index >= 15 is 0 Å². The van der Waals surface area contributed by atoms with Crippen LogP contribution in [-0.4, -0.2) is 21.8 Å². The minimum atomic E-state index is 0.160. The van der Waals surface area contributed by atoms with Crippen molar-refractivity contribution in [3.8, 4) is 0 Å². The molecule has 1 spiro atoms. The van der Waals surface area contributed by atoms with Gasteiger partial charge < -0.3 is 14.6 Å². The number of rotatable bonds is 4. The molecule has 0 aromatic carbocycles. The number of nitrogens with zero attached hydrogens (tertiary/aromatic N) is 1. The second-order valence-electron chi connectivity index (χ2n) is 7.92. The largest absolute Gasteiger partial charge is 0.370 e. The minimum absolute atomic E-state index is 0.160. The molecule has 1 unspecified atom stereocenters. The normalized spacial score (nSPS) is 25.0. The Balaban J connectivity index is 1.57. The first kappa shape index (κ1) is 15.1. The van der Waals surface area contributed by atoms with Gasteiger partial charge in [-0.05, 0) is 58.6 Å². The first-order valence-electron chi connectivity index (χ1n) is 8.53. The molecule has 0 amide bonds. The number of aromatic nitrogens is 1. The van der Waals surface area contributed by atoms with E-state index in [0.717, 1.165) is 13.1 Å². The van der Waals surface area contributed by atoms with Crippen LogP contribution in [0.4, 0.5) is 0 Å². The lowest BCUT2D eigenvalue weighted by atomic mass is 9.98. The topological polar surface area (TPSA) is 26.2 Å². The summed E-state index contributed by atoms with van der Waals surface area (Å²) in [4.78, 5) is 0. The van der Waals surface area contributed by atoms with E-state index in [1.807, 2.05) is 0 Å². The standard InChI is InChI=1S/C18H30N2O/c1-17(2,3)19-13-15-7-6-12-20(15)14-16-8-11-18(21-16)9-4-5-10-18/h6-7,12,16,19H,4-5,8-11,13-14H2,1-3H3. The molecule has 2 fully saturated rings. The Morgan fingerprint density at radius 2 is 2.05 bits per heavy atom. The molecule has 3 heteroatoms. The molecule has 1 aromatic heterocycles. The molecule has 3 rings (SSSR count). The van der Waals surface area contributed by atoms with Gasteiger partial charge in [0, 0.05) is 30.5 Å². The average molecular weight is 290 g/mol. The molecule has 2 heterocycles. The summed E-state index contributed by atoms with van der Waals surface area (Å²) in [6.45, 7) is 8.57. The van der Waals surface area contributed by atoms with Gasteiger partial charge in [0.2, 0.25) is 0 Å². The zero-order valence-corrected chi connectivity index (χ0v) is 13.8. The molecule has 0 bridgehead atoms. The fraction of sp³-hybridized carbons (Fsp3) is 0.778. The van der Waals surface area contributed by atoms with E-state index in [1.54, 1.807) is 0 Å². The Labute approximate surface area is 129 Å². The summed E-state index contributed by atoms with van der Waals surface area (Å²) in [7, 11) is 0. The van der Waals surface area contributed by atoms with E-state index in [2.05, 4.69) is 49.0 Å². The van der Waals surface area contributed by atoms with Crippen molar-refractivity contribution in [2.45, 2.75) is 89.6 Å². The second kappa shape index (κ2) is 5.77. The molecule has 1 aliphatic heterocycles. The van der Waals surface area contributed by atoms with Gasteiger partial charge in [-0.3, -0.25) is 0 Å². The highest BCUT2D eigenvalue weighted by atomic mass is 16.5. The number of hydrogen-bond acceptors (Lipinski definition) is 2. The zero-order chi connectivity index (χ0) is 14.9. The number of ether oxygens (including phenoxy) is 1. The summed E-state index contributed by atoms with van der Waals surface area (Å²) in [5.41, 5.74) is 1.77. The molecular weight excluding hydrogens is 260 g/mol. The van der Waals surface area contributed by atoms with Crippen molar-refractivity contribution < 1.29 is 4.74 Å². The van der Waals surface area contributed by atoms with E-state index in [0.29, 0.717) is 6.10 Å². The van der Waals surface area contributed by atoms with Gasteiger partial charge in [0.05, 0.1) is 11.7 Å². The first-order chi connectivity index (χ1) is 9.96. The van der Waals surface area contributed by atoms with E-state index in [4.69, 9.17) is 4.74 Å². The molecule has 1 saturated heterocycles. The highest BCUT2D eigenvalue weighted by Crippen LogP contribution is 2.43. The highest BCUT2D eigenvalue weighted by Gasteiger charge is 2.42. The van der Waals surface area contributed by atoms with Gasteiger partial charge in [-0.15, -0.1) is 0 Å². The molecule has 1 saturated carbocycles. The first-order valence-corrected chi connectivity index (χ1v) is 8.53. The molecule has 1 N–H and O–H groups in total. The van der Waals surface area contributed by atoms with Crippen LogP contribution in [0, 0.1) is 0 Å². The molecule has 21 heavy (non-hydrogen) atoms. The SMILES string of the molecule is CC(C)(C)NCc1cccn1CC1CCC2(CCCC2)O1. The van der Waals surface area contributed by atoms with Crippen LogP contribution >= 0.6 is 0 Å². The predicted molar refractivity (Wildman–Crippen MR) is 86.3 cm³/mol. The molecule has 1 aliphatic carbocycles. The predicted octanol–water partition coefficient (Wildman–Crippen LogP) is 3.87. The van der Waals surface area contributed by atoms with Crippen LogP contribution in [0.5, 0.6) is 0 Å². The molecule has 1 atom stereocenters. The number of nitrogens with one attached hydrogen (secondary N) is 1. The van der Waals surface area contributed by atoms with Gasteiger partial charge in [-0.1, -0.05) is 12.8 Å². The Morgan fingerprint density at radius 3 is 2.76 bits per heavy atom. The third kappa shape index (κ3) is 3.70. The van der Waals surface area contributed by atoms with Crippen LogP contribution in [0.2, 0.25) is 0 Å². The average Bonchev–Trinajstić information content (AvgIpc) is 3.11. The lowest BCUT2D eigenvalue weighted by molar-refractivity contribution is -0.0420. The Morgan fingerprint density at radius 1 is 1.29 bits per heavy atom. The minimum Gasteiger partial charge on any atom is -0.370 e. The summed E-state index contributed by atoms with van der Waals surface area (Å²) in [5, 5.41) is 3.58. The Bertz CT molecular complexity index is 466. The van der Waals surface area contributed by atoms with E-state index in [9.17, 15) is 0 Å². The van der Waals surface area contributed by atoms with Crippen LogP contribution in [0.15, 0.2) is 18.3 Å². The zero-order valence-electron chi connectivity index (χ0n) is 13.8. The van der Waals surface area contributed by atoms with Gasteiger partial charge in [-0.2, -0.15) is 0 Å². The van der Waals surface area contributed by atoms with Gasteiger partial charge in [0.25, 0.3) is 0 Å². The van der Waals surface area contributed by atoms with Crippen molar-refractivity contribution in [2.24, 2.45) is 0 Å². The van der Waals surface area contributed by atoms with Crippen LogP contribution in [0.1, 0.15) is 65.0 Å². The third-order valence-electron chi connectivity index (χ3n) is 4.98. The molecule has 3 nitrogen and oxygen atoms in total. The Kier molecular flexibility index (Phi) is 4.15. The van der Waals surface area contributed by atoms with Gasteiger partial charge in [0.15, 0.2) is 0 Å². The van der Waals surface area contributed by atoms with Crippen molar-refractivity contribution in [1.29, 1.82) is 0 Å². The van der Waals surface area contributed by atoms with Gasteiger partial charge in [0.1, 0.15) is 0 Å². The van der Waals surface area contributed by atoms with Crippen molar-refractivity contribution >= 4 is 0 Å². The Hall–Kier alpha value is -0.800. The molecule has 0 radical (unpaired) electrons. The van der Waals surface area contributed by atoms with Gasteiger partial charge >= 0.3 is 0 Å². The fourth-order valence-electron chi connectivity index (χ4n) is 3.77. The molecule has 1 aromatic rings. The van der Waals surface area contributed by atoms with Crippen molar-refractivity contribution in [2.75, 3.05) is 0 Å². The third-order valence-corrected chi connectivity index (χ3v) is 4.98. The van der Waals surface area contributed by atoms with Crippen molar-refractivity contribution in [3.63, 3.8) is 0 Å². The maximum absolute atomic E-state index is 6.44. The smallest absolute Gasteiger partial charge is 0.0762 e. The van der Waals surface area contributed by atoms with E-state index < -0.39 is 0 Å². The highest BCUT2D eigenvalue weighted by molar-refractivity contribution is 5.08. The maximum Gasteiger partial charge on any atom is 0.0762 e. The van der Waals surface area contributed by atoms with E-state index in [1.165, 1.54) is 44.2 Å². The summed E-state index contributed by atoms with van der Waals surface area (Å²) in [6.07, 6.45) is 10.4. The summed E-state index contributed by atoms with van der Waals surface area (Å²) < 4.78 is 8.81. The number of hydrogen-bond donors (Lipinski definition) is 1. The molecule has 2 aliphatic rings. The van der Waals surface area contributed by atoms with Crippen molar-refractivity contribution in [3.05, 3.63) is 24.0 Å². The summed E-state index contributed by atoms with van der Waals surface area (Å²) in [6, 6.07) is 4.37. The van der Waals surface area contributed by atoms with Crippen LogP contribution in [-0.2, 0) is 17.8 Å². The lowest BCUT2D eigenvalue weighted by Gasteiger charge is -2.25. The monoisotopic (exact) mass is 290 g/mol. The van der Waals surface area contributed by atoms with Crippen LogP contribution in [0.25, 0.3) is 0 Å². The fourth-order valence-corrected chi connectivity index (χ4v) is 3.77. The van der Waals surface area contributed by atoms with Crippen LogP contribution < -0.4 is 5.32 Å². The van der Waals surface area contributed by atoms with E-state index in [-0.39, 0.29) is 11.1 Å². The van der Waals surface area contributed by atoms with Gasteiger partial charge in [-0.25, -0.2) is 0 Å². The quantitative estimate of drug-likeness (QED) is 0.911.